The predicted molar refractivity (Wildman–Crippen MR) is 91.5 cm³/mol. The minimum absolute atomic E-state index is 0. The average Bonchev–Trinajstić information content (AvgIpc) is 2.54. The Morgan fingerprint density at radius 1 is 1.10 bits per heavy atom. The number of hydrazine groups is 1. The molecular weight excluding hydrogens is 262 g/mol. The van der Waals surface area contributed by atoms with Gasteiger partial charge in [-0.1, -0.05) is 37.5 Å². The summed E-state index contributed by atoms with van der Waals surface area (Å²) in [6, 6.07) is 0.742. The molecule has 0 bridgehead atoms. The lowest BCUT2D eigenvalue weighted by Crippen LogP contribution is -2.50. The first-order valence-electron chi connectivity index (χ1n) is 7.95. The Balaban J connectivity index is 0.000000432. The van der Waals surface area contributed by atoms with E-state index < -0.39 is 0 Å². The summed E-state index contributed by atoms with van der Waals surface area (Å²) in [5, 5.41) is 2.33. The Morgan fingerprint density at radius 3 is 2.43 bits per heavy atom. The quantitative estimate of drug-likeness (QED) is 0.766. The number of nitrogens with one attached hydrogen (secondary N) is 1. The SMILES string of the molecule is C1CCC(NN2CCOCC2)CC1.C=C[CH]/C=C\C=C\N.[HH]. The van der Waals surface area contributed by atoms with Crippen molar-refractivity contribution in [2.24, 2.45) is 5.73 Å². The zero-order chi connectivity index (χ0) is 15.2. The number of hydrogen-bond donors (Lipinski definition) is 2. The topological polar surface area (TPSA) is 50.5 Å². The summed E-state index contributed by atoms with van der Waals surface area (Å²) in [5.74, 6) is 0. The molecule has 1 heterocycles. The molecule has 1 aliphatic heterocycles. The van der Waals surface area contributed by atoms with Gasteiger partial charge in [0, 0.05) is 27.0 Å². The monoisotopic (exact) mass is 294 g/mol. The average molecular weight is 294 g/mol. The third-order valence-corrected chi connectivity index (χ3v) is 3.56. The zero-order valence-corrected chi connectivity index (χ0v) is 13.0. The Morgan fingerprint density at radius 2 is 1.81 bits per heavy atom. The molecule has 0 spiro atoms. The van der Waals surface area contributed by atoms with Crippen LogP contribution in [-0.4, -0.2) is 37.4 Å². The zero-order valence-electron chi connectivity index (χ0n) is 13.0. The lowest BCUT2D eigenvalue weighted by Gasteiger charge is -2.33. The van der Waals surface area contributed by atoms with Crippen LogP contribution in [0.4, 0.5) is 0 Å². The van der Waals surface area contributed by atoms with Gasteiger partial charge in [0.1, 0.15) is 0 Å². The highest BCUT2D eigenvalue weighted by molar-refractivity contribution is 5.11. The van der Waals surface area contributed by atoms with E-state index in [0.717, 1.165) is 32.3 Å². The number of nitrogens with zero attached hydrogens (tertiary/aromatic N) is 1. The van der Waals surface area contributed by atoms with E-state index in [1.807, 2.05) is 18.6 Å². The standard InChI is InChI=1S/C10H20N2O.C7H10N.H2/c1-2-4-10(5-3-1)11-12-6-8-13-9-7-12;1-2-3-4-5-6-7-8;/h10-11H,1-9H2;2-7H,1,8H2;1H/b;5-4-,7-6+;. The smallest absolute Gasteiger partial charge is 0.0608 e. The summed E-state index contributed by atoms with van der Waals surface area (Å²) in [4.78, 5) is 0. The maximum Gasteiger partial charge on any atom is 0.0608 e. The van der Waals surface area contributed by atoms with Gasteiger partial charge in [-0.25, -0.2) is 5.01 Å². The van der Waals surface area contributed by atoms with Crippen molar-refractivity contribution in [1.29, 1.82) is 0 Å². The Labute approximate surface area is 131 Å². The van der Waals surface area contributed by atoms with Crippen LogP contribution in [0.5, 0.6) is 0 Å². The van der Waals surface area contributed by atoms with Crippen molar-refractivity contribution in [1.82, 2.24) is 10.4 Å². The van der Waals surface area contributed by atoms with E-state index in [9.17, 15) is 0 Å². The van der Waals surface area contributed by atoms with Gasteiger partial charge in [-0.15, -0.1) is 6.58 Å². The molecule has 0 atom stereocenters. The van der Waals surface area contributed by atoms with E-state index in [1.54, 1.807) is 12.2 Å². The molecule has 0 unspecified atom stereocenters. The van der Waals surface area contributed by atoms with E-state index in [4.69, 9.17) is 10.5 Å². The molecule has 2 aliphatic rings. The van der Waals surface area contributed by atoms with Crippen LogP contribution in [0, 0.1) is 6.42 Å². The second-order valence-electron chi connectivity index (χ2n) is 5.26. The number of allylic oxidation sites excluding steroid dienone is 4. The number of hydrogen-bond acceptors (Lipinski definition) is 4. The summed E-state index contributed by atoms with van der Waals surface area (Å²) < 4.78 is 5.31. The van der Waals surface area contributed by atoms with Crippen molar-refractivity contribution < 1.29 is 6.16 Å². The summed E-state index contributed by atoms with van der Waals surface area (Å²) in [7, 11) is 0. The second kappa shape index (κ2) is 12.6. The highest BCUT2D eigenvalue weighted by Gasteiger charge is 2.17. The maximum atomic E-state index is 5.31. The van der Waals surface area contributed by atoms with Crippen molar-refractivity contribution >= 4 is 0 Å². The normalized spacial score (nSPS) is 21.3. The van der Waals surface area contributed by atoms with Crippen LogP contribution in [0.1, 0.15) is 33.5 Å². The van der Waals surface area contributed by atoms with Gasteiger partial charge < -0.3 is 10.5 Å². The summed E-state index contributed by atoms with van der Waals surface area (Å²) in [5.41, 5.74) is 8.65. The Hall–Kier alpha value is -1.10. The molecule has 1 radical (unpaired) electrons. The minimum atomic E-state index is 0. The largest absolute Gasteiger partial charge is 0.405 e. The molecule has 4 heteroatoms. The molecule has 2 rings (SSSR count). The van der Waals surface area contributed by atoms with E-state index in [0.29, 0.717) is 0 Å². The van der Waals surface area contributed by atoms with Gasteiger partial charge in [0.25, 0.3) is 0 Å². The van der Waals surface area contributed by atoms with E-state index in [2.05, 4.69) is 17.0 Å². The van der Waals surface area contributed by atoms with Crippen molar-refractivity contribution in [3.8, 4) is 0 Å². The van der Waals surface area contributed by atoms with Crippen molar-refractivity contribution in [3.63, 3.8) is 0 Å². The Bertz CT molecular complexity index is 293. The van der Waals surface area contributed by atoms with Gasteiger partial charge in [0.15, 0.2) is 0 Å². The molecule has 21 heavy (non-hydrogen) atoms. The predicted octanol–water partition coefficient (Wildman–Crippen LogP) is 2.81. The fourth-order valence-electron chi connectivity index (χ4n) is 2.45. The third kappa shape index (κ3) is 9.45. The van der Waals surface area contributed by atoms with Crippen LogP contribution in [0.25, 0.3) is 0 Å². The van der Waals surface area contributed by atoms with Gasteiger partial charge in [0.05, 0.1) is 13.2 Å². The first-order chi connectivity index (χ1) is 10.4. The van der Waals surface area contributed by atoms with Gasteiger partial charge in [0.2, 0.25) is 0 Å². The third-order valence-electron chi connectivity index (χ3n) is 3.56. The maximum absolute atomic E-state index is 5.31. The molecular formula is C17H32N3O. The molecule has 0 aromatic heterocycles. The first-order valence-corrected chi connectivity index (χ1v) is 7.95. The first kappa shape index (κ1) is 18.0. The van der Waals surface area contributed by atoms with Gasteiger partial charge in [-0.3, -0.25) is 5.43 Å². The summed E-state index contributed by atoms with van der Waals surface area (Å²) in [6.45, 7) is 7.38. The number of rotatable bonds is 5. The molecule has 1 saturated carbocycles. The number of morpholine rings is 1. The van der Waals surface area contributed by atoms with Gasteiger partial charge >= 0.3 is 0 Å². The fourth-order valence-corrected chi connectivity index (χ4v) is 2.45. The van der Waals surface area contributed by atoms with Crippen LogP contribution < -0.4 is 11.2 Å². The number of nitrogens with two attached hydrogens (primary N) is 1. The van der Waals surface area contributed by atoms with Crippen molar-refractivity contribution in [2.45, 2.75) is 38.1 Å². The van der Waals surface area contributed by atoms with Crippen LogP contribution >= 0.6 is 0 Å². The molecule has 121 valence electrons. The fraction of sp³-hybridized carbons (Fsp3) is 0.588. The van der Waals surface area contributed by atoms with E-state index in [1.165, 1.54) is 38.3 Å². The molecule has 1 saturated heterocycles. The van der Waals surface area contributed by atoms with Crippen LogP contribution in [0.3, 0.4) is 0 Å². The second-order valence-corrected chi connectivity index (χ2v) is 5.26. The molecule has 4 nitrogen and oxygen atoms in total. The van der Waals surface area contributed by atoms with Crippen LogP contribution in [0.2, 0.25) is 0 Å². The lowest BCUT2D eigenvalue weighted by atomic mass is 9.96. The molecule has 2 fully saturated rings. The highest BCUT2D eigenvalue weighted by atomic mass is 16.5. The lowest BCUT2D eigenvalue weighted by molar-refractivity contribution is 0.000392. The Kier molecular flexibility index (Phi) is 10.8. The molecule has 3 N–H and O–H groups in total. The molecule has 0 amide bonds. The van der Waals surface area contributed by atoms with Gasteiger partial charge in [-0.05, 0) is 25.1 Å². The summed E-state index contributed by atoms with van der Waals surface area (Å²) >= 11 is 0. The van der Waals surface area contributed by atoms with Crippen molar-refractivity contribution in [2.75, 3.05) is 26.3 Å². The summed E-state index contributed by atoms with van der Waals surface area (Å²) in [6.07, 6.45) is 17.4. The van der Waals surface area contributed by atoms with Crippen LogP contribution in [-0.2, 0) is 4.74 Å². The highest BCUT2D eigenvalue weighted by Crippen LogP contribution is 2.17. The van der Waals surface area contributed by atoms with Gasteiger partial charge in [-0.2, -0.15) is 0 Å². The molecule has 1 aliphatic carbocycles. The van der Waals surface area contributed by atoms with Crippen LogP contribution in [0.15, 0.2) is 37.1 Å². The number of ether oxygens (including phenoxy) is 1. The molecule has 0 aromatic carbocycles. The van der Waals surface area contributed by atoms with E-state index in [-0.39, 0.29) is 1.43 Å². The van der Waals surface area contributed by atoms with Crippen molar-refractivity contribution in [3.05, 3.63) is 43.5 Å². The molecule has 0 aromatic rings. The minimum Gasteiger partial charge on any atom is -0.405 e. The van der Waals surface area contributed by atoms with E-state index >= 15 is 0 Å².